The molecule has 16 heavy (non-hydrogen) atoms. The molecule has 0 saturated heterocycles. The fourth-order valence-electron chi connectivity index (χ4n) is 1.11. The van der Waals surface area contributed by atoms with Crippen molar-refractivity contribution < 1.29 is 17.9 Å². The molecule has 0 aromatic carbocycles. The van der Waals surface area contributed by atoms with E-state index in [0.29, 0.717) is 12.3 Å². The summed E-state index contributed by atoms with van der Waals surface area (Å²) in [6, 6.07) is -0.413. The third kappa shape index (κ3) is 6.86. The molecule has 1 amide bonds. The van der Waals surface area contributed by atoms with Crippen LogP contribution in [0.5, 0.6) is 0 Å². The monoisotopic (exact) mass is 272 g/mol. The standard InChI is InChI=1S/C8H17ClN2O4S/c1-6(2)4-7(5-9)10-16(13,14)11-8(12)15-3/h6-7,10H,4-5H2,1-3H3,(H,11,12). The van der Waals surface area contributed by atoms with E-state index in [2.05, 4.69) is 9.46 Å². The average Bonchev–Trinajstić information content (AvgIpc) is 2.14. The fraction of sp³-hybridized carbons (Fsp3) is 0.875. The van der Waals surface area contributed by atoms with Gasteiger partial charge < -0.3 is 4.74 Å². The highest BCUT2D eigenvalue weighted by Crippen LogP contribution is 2.06. The van der Waals surface area contributed by atoms with Gasteiger partial charge in [-0.1, -0.05) is 13.8 Å². The van der Waals surface area contributed by atoms with Crippen molar-refractivity contribution in [3.05, 3.63) is 0 Å². The van der Waals surface area contributed by atoms with Gasteiger partial charge in [-0.2, -0.15) is 13.1 Å². The van der Waals surface area contributed by atoms with E-state index in [0.717, 1.165) is 7.11 Å². The number of hydrogen-bond donors (Lipinski definition) is 2. The van der Waals surface area contributed by atoms with Crippen LogP contribution in [0.25, 0.3) is 0 Å². The van der Waals surface area contributed by atoms with Crippen LogP contribution in [0.2, 0.25) is 0 Å². The van der Waals surface area contributed by atoms with Gasteiger partial charge in [-0.15, -0.1) is 11.6 Å². The zero-order valence-electron chi connectivity index (χ0n) is 9.49. The molecular formula is C8H17ClN2O4S. The summed E-state index contributed by atoms with van der Waals surface area (Å²) in [7, 11) is -2.83. The first-order valence-corrected chi connectivity index (χ1v) is 6.76. The van der Waals surface area contributed by atoms with E-state index in [1.54, 1.807) is 4.72 Å². The lowest BCUT2D eigenvalue weighted by Gasteiger charge is -2.17. The summed E-state index contributed by atoms with van der Waals surface area (Å²) < 4.78 is 30.9. The summed E-state index contributed by atoms with van der Waals surface area (Å²) >= 11 is 5.62. The van der Waals surface area contributed by atoms with Crippen LogP contribution in [0.3, 0.4) is 0 Å². The first-order valence-electron chi connectivity index (χ1n) is 4.74. The highest BCUT2D eigenvalue weighted by atomic mass is 35.5. The Balaban J connectivity index is 4.37. The lowest BCUT2D eigenvalue weighted by atomic mass is 10.1. The van der Waals surface area contributed by atoms with Crippen molar-refractivity contribution in [3.63, 3.8) is 0 Å². The number of carbonyl (C=O) groups is 1. The van der Waals surface area contributed by atoms with Crippen LogP contribution in [0.1, 0.15) is 20.3 Å². The molecule has 1 atom stereocenters. The quantitative estimate of drug-likeness (QED) is 0.702. The molecule has 0 fully saturated rings. The van der Waals surface area contributed by atoms with Gasteiger partial charge in [0.25, 0.3) is 0 Å². The number of amides is 1. The first-order chi connectivity index (χ1) is 7.30. The molecule has 0 aromatic rings. The lowest BCUT2D eigenvalue weighted by molar-refractivity contribution is 0.177. The number of halogens is 1. The van der Waals surface area contributed by atoms with Gasteiger partial charge in [-0.3, -0.25) is 0 Å². The minimum atomic E-state index is -3.91. The zero-order chi connectivity index (χ0) is 12.8. The summed E-state index contributed by atoms with van der Waals surface area (Å²) in [6.07, 6.45) is -0.448. The predicted molar refractivity (Wildman–Crippen MR) is 61.6 cm³/mol. The Hall–Kier alpha value is -0.530. The maximum Gasteiger partial charge on any atom is 0.421 e. The van der Waals surface area contributed by atoms with Crippen LogP contribution in [-0.2, 0) is 14.9 Å². The molecule has 0 rings (SSSR count). The maximum atomic E-state index is 11.4. The molecule has 1 unspecified atom stereocenters. The van der Waals surface area contributed by atoms with Crippen molar-refractivity contribution in [2.45, 2.75) is 26.3 Å². The predicted octanol–water partition coefficient (Wildman–Crippen LogP) is 0.830. The summed E-state index contributed by atoms with van der Waals surface area (Å²) in [5.74, 6) is 0.435. The van der Waals surface area contributed by atoms with Crippen molar-refractivity contribution in [3.8, 4) is 0 Å². The van der Waals surface area contributed by atoms with Crippen molar-refractivity contribution >= 4 is 27.9 Å². The molecule has 0 aliphatic rings. The summed E-state index contributed by atoms with van der Waals surface area (Å²) in [6.45, 7) is 3.89. The van der Waals surface area contributed by atoms with E-state index in [1.165, 1.54) is 0 Å². The minimum Gasteiger partial charge on any atom is -0.452 e. The van der Waals surface area contributed by atoms with Crippen LogP contribution in [0.15, 0.2) is 0 Å². The maximum absolute atomic E-state index is 11.4. The number of methoxy groups -OCH3 is 1. The molecule has 2 N–H and O–H groups in total. The number of hydrogen-bond acceptors (Lipinski definition) is 4. The van der Waals surface area contributed by atoms with Gasteiger partial charge in [0.05, 0.1) is 7.11 Å². The number of ether oxygens (including phenoxy) is 1. The van der Waals surface area contributed by atoms with E-state index in [-0.39, 0.29) is 5.88 Å². The molecule has 0 saturated carbocycles. The SMILES string of the molecule is COC(=O)NS(=O)(=O)NC(CCl)CC(C)C. The van der Waals surface area contributed by atoms with E-state index >= 15 is 0 Å². The molecule has 0 aromatic heterocycles. The molecule has 0 radical (unpaired) electrons. The summed E-state index contributed by atoms with van der Waals surface area (Å²) in [5.41, 5.74) is 0. The smallest absolute Gasteiger partial charge is 0.421 e. The Morgan fingerprint density at radius 2 is 2.00 bits per heavy atom. The molecule has 96 valence electrons. The van der Waals surface area contributed by atoms with Gasteiger partial charge in [-0.05, 0) is 12.3 Å². The Morgan fingerprint density at radius 1 is 1.44 bits per heavy atom. The molecular weight excluding hydrogens is 256 g/mol. The third-order valence-electron chi connectivity index (χ3n) is 1.67. The Bertz CT molecular complexity index is 318. The lowest BCUT2D eigenvalue weighted by Crippen LogP contribution is -2.46. The van der Waals surface area contributed by atoms with E-state index in [4.69, 9.17) is 11.6 Å². The molecule has 0 spiro atoms. The van der Waals surface area contributed by atoms with E-state index in [1.807, 2.05) is 13.8 Å². The molecule has 6 nitrogen and oxygen atoms in total. The zero-order valence-corrected chi connectivity index (χ0v) is 11.1. The Morgan fingerprint density at radius 3 is 2.38 bits per heavy atom. The van der Waals surface area contributed by atoms with E-state index < -0.39 is 22.3 Å². The second kappa shape index (κ2) is 6.93. The second-order valence-corrected chi connectivity index (χ2v) is 5.45. The van der Waals surface area contributed by atoms with Gasteiger partial charge in [0.1, 0.15) is 0 Å². The molecule has 0 bridgehead atoms. The van der Waals surface area contributed by atoms with Crippen LogP contribution in [0.4, 0.5) is 4.79 Å². The third-order valence-corrected chi connectivity index (χ3v) is 3.12. The first kappa shape index (κ1) is 15.5. The number of alkyl halides is 1. The molecule has 8 heteroatoms. The molecule has 0 aliphatic heterocycles. The van der Waals surface area contributed by atoms with Crippen LogP contribution in [-0.4, -0.2) is 33.5 Å². The topological polar surface area (TPSA) is 84.5 Å². The summed E-state index contributed by atoms with van der Waals surface area (Å²) in [4.78, 5) is 10.7. The molecule has 0 aliphatic carbocycles. The van der Waals surface area contributed by atoms with Crippen molar-refractivity contribution in [2.75, 3.05) is 13.0 Å². The van der Waals surface area contributed by atoms with Crippen molar-refractivity contribution in [1.29, 1.82) is 0 Å². The van der Waals surface area contributed by atoms with Crippen LogP contribution < -0.4 is 9.44 Å². The van der Waals surface area contributed by atoms with Crippen molar-refractivity contribution in [1.82, 2.24) is 9.44 Å². The van der Waals surface area contributed by atoms with Gasteiger partial charge in [0, 0.05) is 11.9 Å². The minimum absolute atomic E-state index is 0.139. The van der Waals surface area contributed by atoms with Crippen LogP contribution in [0, 0.1) is 5.92 Å². The Labute approximate surface area is 101 Å². The van der Waals surface area contributed by atoms with E-state index in [9.17, 15) is 13.2 Å². The normalized spacial score (nSPS) is 13.6. The van der Waals surface area contributed by atoms with Gasteiger partial charge >= 0.3 is 16.3 Å². The highest BCUT2D eigenvalue weighted by Gasteiger charge is 2.20. The number of carbonyl (C=O) groups excluding carboxylic acids is 1. The number of nitrogens with one attached hydrogen (secondary N) is 2. The average molecular weight is 273 g/mol. The van der Waals surface area contributed by atoms with Crippen molar-refractivity contribution in [2.24, 2.45) is 5.92 Å². The van der Waals surface area contributed by atoms with Crippen LogP contribution >= 0.6 is 11.6 Å². The highest BCUT2D eigenvalue weighted by molar-refractivity contribution is 7.88. The number of rotatable bonds is 6. The van der Waals surface area contributed by atoms with Gasteiger partial charge in [0.15, 0.2) is 0 Å². The Kier molecular flexibility index (Phi) is 6.70. The molecule has 0 heterocycles. The van der Waals surface area contributed by atoms with Gasteiger partial charge in [-0.25, -0.2) is 9.52 Å². The second-order valence-electron chi connectivity index (χ2n) is 3.70. The summed E-state index contributed by atoms with van der Waals surface area (Å²) in [5, 5.41) is 0. The van der Waals surface area contributed by atoms with Gasteiger partial charge in [0.2, 0.25) is 0 Å². The fourth-order valence-corrected chi connectivity index (χ4v) is 2.39. The largest absolute Gasteiger partial charge is 0.452 e.